The van der Waals surface area contributed by atoms with Gasteiger partial charge in [-0.3, -0.25) is 14.9 Å². The van der Waals surface area contributed by atoms with Gasteiger partial charge in [-0.25, -0.2) is 4.68 Å². The van der Waals surface area contributed by atoms with Crippen LogP contribution in [0.3, 0.4) is 0 Å². The molecule has 3 rings (SSSR count). The lowest BCUT2D eigenvalue weighted by molar-refractivity contribution is -0.125. The lowest BCUT2D eigenvalue weighted by atomic mass is 10.0. The highest BCUT2D eigenvalue weighted by atomic mass is 16.2. The number of hydrogen-bond donors (Lipinski definition) is 2. The van der Waals surface area contributed by atoms with Crippen molar-refractivity contribution in [1.29, 1.82) is 0 Å². The van der Waals surface area contributed by atoms with E-state index in [9.17, 15) is 9.59 Å². The van der Waals surface area contributed by atoms with E-state index < -0.39 is 5.92 Å². The molecule has 1 aromatic carbocycles. The Morgan fingerprint density at radius 1 is 1.43 bits per heavy atom. The van der Waals surface area contributed by atoms with Crippen molar-refractivity contribution in [2.75, 3.05) is 10.6 Å². The van der Waals surface area contributed by atoms with Crippen LogP contribution in [0.25, 0.3) is 0 Å². The van der Waals surface area contributed by atoms with E-state index in [-0.39, 0.29) is 18.2 Å². The molecule has 0 bridgehead atoms. The molecule has 2 heterocycles. The molecule has 1 aliphatic heterocycles. The molecule has 7 heteroatoms. The number of aryl methyl sites for hydroxylation is 1. The molecule has 0 saturated heterocycles. The van der Waals surface area contributed by atoms with E-state index in [1.807, 2.05) is 18.2 Å². The number of aromatic nitrogens is 3. The maximum Gasteiger partial charge on any atom is 0.232 e. The van der Waals surface area contributed by atoms with Crippen LogP contribution in [0.5, 0.6) is 0 Å². The summed E-state index contributed by atoms with van der Waals surface area (Å²) >= 11 is 0. The van der Waals surface area contributed by atoms with Gasteiger partial charge in [-0.2, -0.15) is 10.1 Å². The minimum Gasteiger partial charge on any atom is -0.326 e. The van der Waals surface area contributed by atoms with E-state index in [0.29, 0.717) is 18.3 Å². The van der Waals surface area contributed by atoms with Crippen molar-refractivity contribution >= 4 is 23.5 Å². The molecule has 2 N–H and O–H groups in total. The number of nitrogens with zero attached hydrogens (tertiary/aromatic N) is 3. The van der Waals surface area contributed by atoms with Gasteiger partial charge in [0.1, 0.15) is 5.82 Å². The first-order valence-corrected chi connectivity index (χ1v) is 6.69. The Morgan fingerprint density at radius 2 is 2.19 bits per heavy atom. The van der Waals surface area contributed by atoms with Crippen LogP contribution in [0.15, 0.2) is 30.3 Å². The van der Waals surface area contributed by atoms with Crippen LogP contribution in [0.4, 0.5) is 11.6 Å². The van der Waals surface area contributed by atoms with Crippen LogP contribution in [-0.4, -0.2) is 26.6 Å². The van der Waals surface area contributed by atoms with Crippen molar-refractivity contribution in [3.8, 4) is 0 Å². The van der Waals surface area contributed by atoms with Crippen molar-refractivity contribution < 1.29 is 9.59 Å². The smallest absolute Gasteiger partial charge is 0.232 e. The van der Waals surface area contributed by atoms with Crippen molar-refractivity contribution in [3.63, 3.8) is 0 Å². The van der Waals surface area contributed by atoms with E-state index in [1.165, 1.54) is 0 Å². The van der Waals surface area contributed by atoms with Gasteiger partial charge in [0.2, 0.25) is 17.8 Å². The van der Waals surface area contributed by atoms with Crippen LogP contribution in [-0.2, 0) is 16.1 Å². The Morgan fingerprint density at radius 3 is 2.95 bits per heavy atom. The summed E-state index contributed by atoms with van der Waals surface area (Å²) in [5, 5.41) is 9.63. The topological polar surface area (TPSA) is 88.9 Å². The van der Waals surface area contributed by atoms with Crippen molar-refractivity contribution in [1.82, 2.24) is 14.8 Å². The van der Waals surface area contributed by atoms with Gasteiger partial charge in [-0.05, 0) is 19.1 Å². The van der Waals surface area contributed by atoms with Crippen LogP contribution in [0, 0.1) is 12.8 Å². The Hall–Kier alpha value is -2.70. The summed E-state index contributed by atoms with van der Waals surface area (Å²) in [5.41, 5.74) is 0.719. The third-order valence-corrected chi connectivity index (χ3v) is 3.27. The fourth-order valence-electron chi connectivity index (χ4n) is 2.29. The molecule has 2 aromatic rings. The summed E-state index contributed by atoms with van der Waals surface area (Å²) in [4.78, 5) is 28.1. The second-order valence-corrected chi connectivity index (χ2v) is 4.97. The van der Waals surface area contributed by atoms with Gasteiger partial charge in [-0.15, -0.1) is 0 Å². The minimum absolute atomic E-state index is 0.110. The van der Waals surface area contributed by atoms with Crippen molar-refractivity contribution in [2.24, 2.45) is 5.92 Å². The van der Waals surface area contributed by atoms with E-state index in [2.05, 4.69) is 20.7 Å². The number of amides is 2. The molecule has 21 heavy (non-hydrogen) atoms. The summed E-state index contributed by atoms with van der Waals surface area (Å²) in [6.45, 7) is 2.12. The lowest BCUT2D eigenvalue weighted by Crippen LogP contribution is -2.36. The Balaban J connectivity index is 1.65. The fourth-order valence-corrected chi connectivity index (χ4v) is 2.29. The van der Waals surface area contributed by atoms with Crippen molar-refractivity contribution in [3.05, 3.63) is 36.2 Å². The highest BCUT2D eigenvalue weighted by molar-refractivity contribution is 5.98. The fraction of sp³-hybridized carbons (Fsp3) is 0.286. The first-order chi connectivity index (χ1) is 10.1. The highest BCUT2D eigenvalue weighted by Gasteiger charge is 2.29. The highest BCUT2D eigenvalue weighted by Crippen LogP contribution is 2.19. The Labute approximate surface area is 121 Å². The lowest BCUT2D eigenvalue weighted by Gasteiger charge is -2.21. The number of fused-ring (bicyclic) bond motifs is 1. The average molecular weight is 285 g/mol. The molecule has 2 amide bonds. The van der Waals surface area contributed by atoms with E-state index >= 15 is 0 Å². The molecule has 7 nitrogen and oxygen atoms in total. The Bertz CT molecular complexity index is 680. The molecule has 0 saturated carbocycles. The predicted octanol–water partition coefficient (Wildman–Crippen LogP) is 1.18. The second-order valence-electron chi connectivity index (χ2n) is 4.97. The zero-order valence-electron chi connectivity index (χ0n) is 11.5. The van der Waals surface area contributed by atoms with Crippen LogP contribution < -0.4 is 10.6 Å². The minimum atomic E-state index is -0.442. The second kappa shape index (κ2) is 5.35. The van der Waals surface area contributed by atoms with Gasteiger partial charge in [0.15, 0.2) is 0 Å². The normalized spacial score (nSPS) is 17.0. The molecule has 0 radical (unpaired) electrons. The van der Waals surface area contributed by atoms with Crippen molar-refractivity contribution in [2.45, 2.75) is 19.9 Å². The van der Waals surface area contributed by atoms with E-state index in [0.717, 1.165) is 5.69 Å². The number of benzene rings is 1. The number of rotatable bonds is 3. The first kappa shape index (κ1) is 13.3. The maximum atomic E-state index is 12.0. The largest absolute Gasteiger partial charge is 0.326 e. The molecule has 108 valence electrons. The zero-order valence-corrected chi connectivity index (χ0v) is 11.5. The van der Waals surface area contributed by atoms with Crippen LogP contribution in [0.2, 0.25) is 0 Å². The van der Waals surface area contributed by atoms with Gasteiger partial charge >= 0.3 is 0 Å². The predicted molar refractivity (Wildman–Crippen MR) is 76.6 cm³/mol. The maximum absolute atomic E-state index is 12.0. The first-order valence-electron chi connectivity index (χ1n) is 6.69. The molecule has 0 aliphatic carbocycles. The number of carbonyl (C=O) groups is 2. The third-order valence-electron chi connectivity index (χ3n) is 3.27. The number of hydrogen-bond acceptors (Lipinski definition) is 4. The standard InChI is InChI=1S/C14H15N5O2/c1-9-15-14-17-13(21)10(8-19(14)18-9)7-12(20)16-11-5-3-2-4-6-11/h2-6,10H,7-8H2,1H3,(H,16,20)(H,15,17,18,21)/t10-/m1/s1. The molecule has 1 aromatic heterocycles. The summed E-state index contributed by atoms with van der Waals surface area (Å²) in [7, 11) is 0. The summed E-state index contributed by atoms with van der Waals surface area (Å²) in [6.07, 6.45) is 0.110. The molecule has 0 spiro atoms. The average Bonchev–Trinajstić information content (AvgIpc) is 2.79. The van der Waals surface area contributed by atoms with Gasteiger partial charge in [0.25, 0.3) is 0 Å². The number of anilines is 2. The van der Waals surface area contributed by atoms with Gasteiger partial charge in [0, 0.05) is 12.1 Å². The van der Waals surface area contributed by atoms with Crippen LogP contribution >= 0.6 is 0 Å². The monoisotopic (exact) mass is 285 g/mol. The quantitative estimate of drug-likeness (QED) is 0.886. The van der Waals surface area contributed by atoms with E-state index in [4.69, 9.17) is 0 Å². The van der Waals surface area contributed by atoms with Gasteiger partial charge in [0.05, 0.1) is 12.5 Å². The molecular weight excluding hydrogens is 270 g/mol. The summed E-state index contributed by atoms with van der Waals surface area (Å²) < 4.78 is 1.62. The number of carbonyl (C=O) groups excluding carboxylic acids is 2. The number of nitrogens with one attached hydrogen (secondary N) is 2. The number of para-hydroxylation sites is 1. The van der Waals surface area contributed by atoms with Gasteiger partial charge < -0.3 is 5.32 Å². The Kier molecular flexibility index (Phi) is 3.39. The SMILES string of the molecule is Cc1nc2n(n1)C[C@@H](CC(=O)Nc1ccccc1)C(=O)N2. The van der Waals surface area contributed by atoms with E-state index in [1.54, 1.807) is 23.7 Å². The summed E-state index contributed by atoms with van der Waals surface area (Å²) in [5.74, 6) is 0.207. The summed E-state index contributed by atoms with van der Waals surface area (Å²) in [6, 6.07) is 9.16. The molecule has 0 fully saturated rings. The molecule has 1 aliphatic rings. The molecular formula is C14H15N5O2. The molecule has 0 unspecified atom stereocenters. The van der Waals surface area contributed by atoms with Gasteiger partial charge in [-0.1, -0.05) is 18.2 Å². The third kappa shape index (κ3) is 2.91. The molecule has 1 atom stereocenters. The zero-order chi connectivity index (χ0) is 14.8. The van der Waals surface area contributed by atoms with Crippen LogP contribution in [0.1, 0.15) is 12.2 Å².